The lowest BCUT2D eigenvalue weighted by atomic mass is 10.1. The highest BCUT2D eigenvalue weighted by molar-refractivity contribution is 6.11. The molecule has 0 saturated carbocycles. The molecule has 1 heterocycles. The van der Waals surface area contributed by atoms with Crippen molar-refractivity contribution in [2.75, 3.05) is 12.5 Å². The van der Waals surface area contributed by atoms with E-state index in [9.17, 15) is 0 Å². The summed E-state index contributed by atoms with van der Waals surface area (Å²) in [6.07, 6.45) is 2.40. The Morgan fingerprint density at radius 1 is 1.00 bits per heavy atom. The molecular weight excluding hydrogens is 246 g/mol. The van der Waals surface area contributed by atoms with Crippen LogP contribution in [-0.2, 0) is 6.54 Å². The molecule has 3 aromatic rings. The number of hydrazine groups is 1. The van der Waals surface area contributed by atoms with Gasteiger partial charge in [-0.3, -0.25) is 0 Å². The Bertz CT molecular complexity index is 728. The van der Waals surface area contributed by atoms with Gasteiger partial charge in [0, 0.05) is 29.9 Å². The second-order valence-corrected chi connectivity index (χ2v) is 5.10. The monoisotopic (exact) mass is 267 g/mol. The fraction of sp³-hybridized carbons (Fsp3) is 0.294. The van der Waals surface area contributed by atoms with E-state index in [0.717, 1.165) is 12.2 Å². The molecule has 3 rings (SSSR count). The van der Waals surface area contributed by atoms with Crippen molar-refractivity contribution in [2.24, 2.45) is 0 Å². The average Bonchev–Trinajstić information content (AvgIpc) is 2.81. The molecule has 0 saturated heterocycles. The zero-order valence-electron chi connectivity index (χ0n) is 12.1. The molecule has 0 atom stereocenters. The Morgan fingerprint density at radius 2 is 1.80 bits per heavy atom. The third kappa shape index (κ3) is 2.04. The number of para-hydroxylation sites is 2. The standard InChI is InChI=1S/C17H21N3/c1-3-4-12-20-16-11-6-5-8-13(16)14-9-7-10-15(17(14)20)19-18-2/h5-11,18-19H,3-4,12H2,1-2H3. The first kappa shape index (κ1) is 13.0. The van der Waals surface area contributed by atoms with E-state index in [4.69, 9.17) is 0 Å². The highest BCUT2D eigenvalue weighted by atomic mass is 15.3. The van der Waals surface area contributed by atoms with E-state index in [-0.39, 0.29) is 0 Å². The lowest BCUT2D eigenvalue weighted by molar-refractivity contribution is 0.665. The largest absolute Gasteiger partial charge is 0.339 e. The molecule has 0 radical (unpaired) electrons. The predicted octanol–water partition coefficient (Wildman–Crippen LogP) is 4.14. The van der Waals surface area contributed by atoms with Crippen LogP contribution < -0.4 is 10.9 Å². The minimum atomic E-state index is 1.06. The quantitative estimate of drug-likeness (QED) is 0.680. The van der Waals surface area contributed by atoms with Gasteiger partial charge in [0.2, 0.25) is 0 Å². The fourth-order valence-corrected chi connectivity index (χ4v) is 2.89. The van der Waals surface area contributed by atoms with E-state index >= 15 is 0 Å². The molecule has 0 bridgehead atoms. The van der Waals surface area contributed by atoms with Crippen LogP contribution in [0.25, 0.3) is 21.8 Å². The smallest absolute Gasteiger partial charge is 0.0740 e. The number of hydrogen-bond donors (Lipinski definition) is 2. The lowest BCUT2D eigenvalue weighted by Gasteiger charge is -2.11. The molecule has 0 aliphatic heterocycles. The maximum atomic E-state index is 3.26. The summed E-state index contributed by atoms with van der Waals surface area (Å²) in [6, 6.07) is 15.1. The Labute approximate surface area is 119 Å². The number of nitrogens with one attached hydrogen (secondary N) is 2. The Morgan fingerprint density at radius 3 is 2.60 bits per heavy atom. The van der Waals surface area contributed by atoms with E-state index in [1.54, 1.807) is 0 Å². The molecule has 0 amide bonds. The first-order valence-corrected chi connectivity index (χ1v) is 7.29. The maximum absolute atomic E-state index is 3.26. The molecular formula is C17H21N3. The van der Waals surface area contributed by atoms with Gasteiger partial charge in [-0.25, -0.2) is 5.43 Å². The summed E-state index contributed by atoms with van der Waals surface area (Å²) < 4.78 is 2.44. The van der Waals surface area contributed by atoms with Gasteiger partial charge in [-0.05, 0) is 18.6 Å². The Kier molecular flexibility index (Phi) is 3.61. The number of nitrogens with zero attached hydrogens (tertiary/aromatic N) is 1. The second kappa shape index (κ2) is 5.55. The van der Waals surface area contributed by atoms with Crippen LogP contribution in [0.4, 0.5) is 5.69 Å². The number of fused-ring (bicyclic) bond motifs is 3. The van der Waals surface area contributed by atoms with Gasteiger partial charge in [-0.15, -0.1) is 0 Å². The third-order valence-electron chi connectivity index (χ3n) is 3.79. The molecule has 1 aromatic heterocycles. The van der Waals surface area contributed by atoms with Crippen LogP contribution in [0.2, 0.25) is 0 Å². The molecule has 3 nitrogen and oxygen atoms in total. The first-order chi connectivity index (χ1) is 9.86. The number of benzene rings is 2. The van der Waals surface area contributed by atoms with Gasteiger partial charge in [0.1, 0.15) is 0 Å². The highest BCUT2D eigenvalue weighted by Gasteiger charge is 2.12. The average molecular weight is 267 g/mol. The topological polar surface area (TPSA) is 29.0 Å². The van der Waals surface area contributed by atoms with Crippen molar-refractivity contribution in [3.05, 3.63) is 42.5 Å². The van der Waals surface area contributed by atoms with Gasteiger partial charge in [0.05, 0.1) is 11.2 Å². The Balaban J connectivity index is 2.33. The molecule has 2 N–H and O–H groups in total. The van der Waals surface area contributed by atoms with Crippen molar-refractivity contribution in [1.29, 1.82) is 0 Å². The van der Waals surface area contributed by atoms with Gasteiger partial charge in [0.25, 0.3) is 0 Å². The van der Waals surface area contributed by atoms with E-state index in [1.165, 1.54) is 34.6 Å². The summed E-state index contributed by atoms with van der Waals surface area (Å²) in [4.78, 5) is 0. The molecule has 0 aliphatic rings. The van der Waals surface area contributed by atoms with E-state index in [0.29, 0.717) is 0 Å². The molecule has 0 unspecified atom stereocenters. The van der Waals surface area contributed by atoms with E-state index in [2.05, 4.69) is 64.8 Å². The van der Waals surface area contributed by atoms with Crippen LogP contribution in [0.3, 0.4) is 0 Å². The molecule has 0 fully saturated rings. The normalized spacial score (nSPS) is 11.3. The van der Waals surface area contributed by atoms with Gasteiger partial charge in [-0.1, -0.05) is 43.7 Å². The highest BCUT2D eigenvalue weighted by Crippen LogP contribution is 2.33. The maximum Gasteiger partial charge on any atom is 0.0740 e. The van der Waals surface area contributed by atoms with Gasteiger partial charge < -0.3 is 9.99 Å². The zero-order valence-corrected chi connectivity index (χ0v) is 12.1. The molecule has 3 heteroatoms. The summed E-state index contributed by atoms with van der Waals surface area (Å²) >= 11 is 0. The zero-order chi connectivity index (χ0) is 13.9. The SMILES string of the molecule is CCCCn1c2ccccc2c2cccc(NNC)c21. The number of hydrogen-bond acceptors (Lipinski definition) is 2. The molecule has 0 aliphatic carbocycles. The number of unbranched alkanes of at least 4 members (excludes halogenated alkanes) is 1. The summed E-state index contributed by atoms with van der Waals surface area (Å²) in [6.45, 7) is 3.30. The second-order valence-electron chi connectivity index (χ2n) is 5.10. The van der Waals surface area contributed by atoms with Crippen LogP contribution in [-0.4, -0.2) is 11.6 Å². The van der Waals surface area contributed by atoms with Crippen molar-refractivity contribution in [2.45, 2.75) is 26.3 Å². The summed E-state index contributed by atoms with van der Waals surface area (Å²) in [5, 5.41) is 2.65. The summed E-state index contributed by atoms with van der Waals surface area (Å²) in [5.41, 5.74) is 10.0. The van der Waals surface area contributed by atoms with Crippen molar-refractivity contribution < 1.29 is 0 Å². The van der Waals surface area contributed by atoms with Crippen LogP contribution in [0.5, 0.6) is 0 Å². The van der Waals surface area contributed by atoms with Crippen LogP contribution in [0.15, 0.2) is 42.5 Å². The summed E-state index contributed by atoms with van der Waals surface area (Å²) in [5.74, 6) is 0. The molecule has 2 aromatic carbocycles. The van der Waals surface area contributed by atoms with E-state index in [1.807, 2.05) is 7.05 Å². The number of rotatable bonds is 5. The number of aromatic nitrogens is 1. The van der Waals surface area contributed by atoms with Gasteiger partial charge in [0.15, 0.2) is 0 Å². The van der Waals surface area contributed by atoms with Crippen LogP contribution >= 0.6 is 0 Å². The van der Waals surface area contributed by atoms with Gasteiger partial charge in [-0.2, -0.15) is 0 Å². The van der Waals surface area contributed by atoms with Crippen molar-refractivity contribution in [3.8, 4) is 0 Å². The predicted molar refractivity (Wildman–Crippen MR) is 87.0 cm³/mol. The lowest BCUT2D eigenvalue weighted by Crippen LogP contribution is -2.15. The first-order valence-electron chi connectivity index (χ1n) is 7.29. The fourth-order valence-electron chi connectivity index (χ4n) is 2.89. The number of anilines is 1. The molecule has 20 heavy (non-hydrogen) atoms. The van der Waals surface area contributed by atoms with Crippen LogP contribution in [0.1, 0.15) is 19.8 Å². The van der Waals surface area contributed by atoms with E-state index < -0.39 is 0 Å². The minimum absolute atomic E-state index is 1.06. The van der Waals surface area contributed by atoms with Crippen LogP contribution in [0, 0.1) is 0 Å². The molecule has 104 valence electrons. The summed E-state index contributed by atoms with van der Waals surface area (Å²) in [7, 11) is 1.90. The Hall–Kier alpha value is -2.00. The van der Waals surface area contributed by atoms with Crippen molar-refractivity contribution in [1.82, 2.24) is 9.99 Å². The number of aryl methyl sites for hydroxylation is 1. The molecule has 0 spiro atoms. The minimum Gasteiger partial charge on any atom is -0.339 e. The third-order valence-corrected chi connectivity index (χ3v) is 3.79. The van der Waals surface area contributed by atoms with Gasteiger partial charge >= 0.3 is 0 Å². The van der Waals surface area contributed by atoms with Crippen molar-refractivity contribution >= 4 is 27.5 Å². The van der Waals surface area contributed by atoms with Crippen molar-refractivity contribution in [3.63, 3.8) is 0 Å².